The van der Waals surface area contributed by atoms with Crippen molar-refractivity contribution >= 4 is 52.6 Å². The second-order valence-electron chi connectivity index (χ2n) is 8.57. The molecule has 3 aromatic carbocycles. The van der Waals surface area contributed by atoms with Crippen LogP contribution in [0.4, 0.5) is 14.5 Å². The molecule has 0 amide bonds. The van der Waals surface area contributed by atoms with Crippen molar-refractivity contribution in [2.45, 2.75) is 26.6 Å². The molecule has 7 nitrogen and oxygen atoms in total. The lowest BCUT2D eigenvalue weighted by Crippen LogP contribution is -2.21. The summed E-state index contributed by atoms with van der Waals surface area (Å²) in [5.41, 5.74) is -0.485. The van der Waals surface area contributed by atoms with Gasteiger partial charge in [-0.1, -0.05) is 36.4 Å². The predicted octanol–water partition coefficient (Wildman–Crippen LogP) is 5.96. The number of para-hydroxylation sites is 1. The van der Waals surface area contributed by atoms with E-state index in [1.165, 1.54) is 35.6 Å². The summed E-state index contributed by atoms with van der Waals surface area (Å²) in [5.74, 6) is -2.15. The van der Waals surface area contributed by atoms with Gasteiger partial charge in [0, 0.05) is 4.70 Å². The zero-order valence-corrected chi connectivity index (χ0v) is 22.7. The van der Waals surface area contributed by atoms with Crippen LogP contribution in [0.5, 0.6) is 5.75 Å². The van der Waals surface area contributed by atoms with Crippen LogP contribution in [0, 0.1) is 5.82 Å². The highest BCUT2D eigenvalue weighted by atomic mass is 32.1. The number of rotatable bonds is 10. The Balaban J connectivity index is 1.49. The maximum absolute atomic E-state index is 15.1. The number of carbonyl (C=O) groups excluding carboxylic acids is 2. The number of halogens is 2. The van der Waals surface area contributed by atoms with E-state index in [9.17, 15) is 18.9 Å². The minimum atomic E-state index is -3.07. The molecule has 0 aliphatic rings. The van der Waals surface area contributed by atoms with Crippen molar-refractivity contribution in [3.05, 3.63) is 94.6 Å². The maximum atomic E-state index is 15.1. The SMILES string of the molecule is CC(C)OC(=O)CNc1c(F)cccc1O/[P+]([O-])=C(\F)c1ccc2sc(C(=O)OCc3ccccc3)cc2c1. The summed E-state index contributed by atoms with van der Waals surface area (Å²) in [6, 6.07) is 19.0. The lowest BCUT2D eigenvalue weighted by atomic mass is 10.2. The van der Waals surface area contributed by atoms with Gasteiger partial charge in [-0.2, -0.15) is 4.39 Å². The Morgan fingerprint density at radius 2 is 1.82 bits per heavy atom. The molecule has 0 fully saturated rings. The van der Waals surface area contributed by atoms with Gasteiger partial charge in [0.05, 0.1) is 11.7 Å². The first-order valence-corrected chi connectivity index (χ1v) is 13.8. The van der Waals surface area contributed by atoms with Gasteiger partial charge in [-0.15, -0.1) is 11.3 Å². The molecule has 1 heterocycles. The van der Waals surface area contributed by atoms with Crippen molar-refractivity contribution < 1.29 is 37.3 Å². The van der Waals surface area contributed by atoms with Crippen LogP contribution in [0.15, 0.2) is 72.8 Å². The van der Waals surface area contributed by atoms with Crippen LogP contribution in [0.1, 0.15) is 34.6 Å². The van der Waals surface area contributed by atoms with Gasteiger partial charge in [0.15, 0.2) is 0 Å². The van der Waals surface area contributed by atoms with Crippen LogP contribution >= 0.6 is 19.3 Å². The number of fused-ring (bicyclic) bond motifs is 1. The third-order valence-corrected chi connectivity index (χ3v) is 7.30. The van der Waals surface area contributed by atoms with E-state index in [2.05, 4.69) is 5.32 Å². The zero-order valence-electron chi connectivity index (χ0n) is 21.0. The number of nitrogens with one attached hydrogen (secondary N) is 1. The molecule has 4 rings (SSSR count). The Kier molecular flexibility index (Phi) is 9.24. The summed E-state index contributed by atoms with van der Waals surface area (Å²) in [6.45, 7) is 3.09. The molecule has 39 heavy (non-hydrogen) atoms. The first-order valence-electron chi connectivity index (χ1n) is 11.9. The molecular weight excluding hydrogens is 547 g/mol. The van der Waals surface area contributed by atoms with Gasteiger partial charge in [0.25, 0.3) is 0 Å². The van der Waals surface area contributed by atoms with E-state index in [1.807, 2.05) is 30.3 Å². The summed E-state index contributed by atoms with van der Waals surface area (Å²) in [6.07, 6.45) is -0.356. The van der Waals surface area contributed by atoms with Crippen LogP contribution in [0.2, 0.25) is 0 Å². The second-order valence-corrected chi connectivity index (χ2v) is 10.7. The zero-order chi connectivity index (χ0) is 27.9. The Hall–Kier alpha value is -3.85. The standard InChI is InChI=1S/C28H24F2NO6PS/c1-17(2)36-25(32)15-31-26-21(29)9-6-10-22(26)37-38(34)27(30)19-11-12-23-20(13-19)14-24(39-23)28(33)35-16-18-7-4-3-5-8-18/h3-14,17,31H,15-16H2,1-2H3. The predicted molar refractivity (Wildman–Crippen MR) is 146 cm³/mol. The Morgan fingerprint density at radius 3 is 2.56 bits per heavy atom. The van der Waals surface area contributed by atoms with Crippen molar-refractivity contribution in [3.8, 4) is 5.75 Å². The van der Waals surface area contributed by atoms with Crippen LogP contribution in [-0.4, -0.2) is 30.1 Å². The summed E-state index contributed by atoms with van der Waals surface area (Å²) < 4.78 is 45.9. The van der Waals surface area contributed by atoms with Crippen molar-refractivity contribution in [2.75, 3.05) is 11.9 Å². The number of hydrogen-bond acceptors (Lipinski definition) is 8. The fraction of sp³-hybridized carbons (Fsp3) is 0.179. The van der Waals surface area contributed by atoms with E-state index in [1.54, 1.807) is 26.0 Å². The number of carbonyl (C=O) groups is 2. The van der Waals surface area contributed by atoms with Crippen molar-refractivity contribution in [1.82, 2.24) is 0 Å². The lowest BCUT2D eigenvalue weighted by molar-refractivity contribution is -0.166. The van der Waals surface area contributed by atoms with Gasteiger partial charge < -0.3 is 19.7 Å². The molecule has 0 aliphatic carbocycles. The van der Waals surface area contributed by atoms with Gasteiger partial charge in [0.1, 0.15) is 29.5 Å². The lowest BCUT2D eigenvalue weighted by Gasteiger charge is -2.12. The topological polar surface area (TPSA) is 96.9 Å². The average Bonchev–Trinajstić information content (AvgIpc) is 3.35. The monoisotopic (exact) mass is 571 g/mol. The average molecular weight is 572 g/mol. The Labute approximate surface area is 228 Å². The van der Waals surface area contributed by atoms with Gasteiger partial charge in [-0.25, -0.2) is 9.18 Å². The number of ether oxygens (including phenoxy) is 2. The van der Waals surface area contributed by atoms with Crippen LogP contribution in [-0.2, 0) is 20.9 Å². The van der Waals surface area contributed by atoms with Gasteiger partial charge in [-0.3, -0.25) is 9.32 Å². The molecule has 1 aromatic heterocycles. The molecule has 0 radical (unpaired) electrons. The molecule has 4 aromatic rings. The van der Waals surface area contributed by atoms with E-state index in [4.69, 9.17) is 14.0 Å². The van der Waals surface area contributed by atoms with Crippen LogP contribution in [0.3, 0.4) is 0 Å². The van der Waals surface area contributed by atoms with Gasteiger partial charge in [-0.05, 0) is 61.2 Å². The van der Waals surface area contributed by atoms with E-state index >= 15 is 4.39 Å². The van der Waals surface area contributed by atoms with E-state index < -0.39 is 31.3 Å². The van der Waals surface area contributed by atoms with E-state index in [0.717, 1.165) is 11.6 Å². The highest BCUT2D eigenvalue weighted by molar-refractivity contribution is 7.47. The quantitative estimate of drug-likeness (QED) is 0.185. The first kappa shape index (κ1) is 28.2. The summed E-state index contributed by atoms with van der Waals surface area (Å²) >= 11 is 1.19. The fourth-order valence-corrected chi connectivity index (χ4v) is 5.22. The van der Waals surface area contributed by atoms with Crippen LogP contribution < -0.4 is 14.7 Å². The van der Waals surface area contributed by atoms with Crippen molar-refractivity contribution in [2.24, 2.45) is 0 Å². The fourth-order valence-electron chi connectivity index (χ4n) is 3.52. The molecule has 1 atom stereocenters. The van der Waals surface area contributed by atoms with E-state index in [0.29, 0.717) is 15.0 Å². The van der Waals surface area contributed by atoms with Gasteiger partial charge >= 0.3 is 25.5 Å². The number of hydrogen-bond donors (Lipinski definition) is 1. The molecular formula is C28H24F2NO6PS. The Bertz CT molecular complexity index is 1520. The minimum absolute atomic E-state index is 0.0166. The third-order valence-electron chi connectivity index (χ3n) is 5.26. The third kappa shape index (κ3) is 7.38. The maximum Gasteiger partial charge on any atom is 0.348 e. The number of benzene rings is 3. The van der Waals surface area contributed by atoms with Crippen molar-refractivity contribution in [3.63, 3.8) is 0 Å². The number of thiophene rings is 1. The molecule has 1 unspecified atom stereocenters. The first-order chi connectivity index (χ1) is 18.7. The molecule has 0 saturated carbocycles. The molecule has 0 saturated heterocycles. The second kappa shape index (κ2) is 12.8. The molecule has 0 spiro atoms. The molecule has 0 bridgehead atoms. The largest absolute Gasteiger partial charge is 0.593 e. The van der Waals surface area contributed by atoms with Gasteiger partial charge in [0.2, 0.25) is 5.75 Å². The highest BCUT2D eigenvalue weighted by Gasteiger charge is 2.21. The number of anilines is 1. The summed E-state index contributed by atoms with van der Waals surface area (Å²) in [4.78, 5) is 37.4. The van der Waals surface area contributed by atoms with Crippen LogP contribution in [0.25, 0.3) is 10.1 Å². The minimum Gasteiger partial charge on any atom is -0.593 e. The summed E-state index contributed by atoms with van der Waals surface area (Å²) in [5, 5.41) is 3.11. The summed E-state index contributed by atoms with van der Waals surface area (Å²) in [7, 11) is -3.07. The smallest absolute Gasteiger partial charge is 0.348 e. The van der Waals surface area contributed by atoms with E-state index in [-0.39, 0.29) is 36.3 Å². The molecule has 11 heteroatoms. The molecule has 1 N–H and O–H groups in total. The molecule has 202 valence electrons. The number of esters is 2. The van der Waals surface area contributed by atoms with Crippen molar-refractivity contribution in [1.29, 1.82) is 0 Å². The molecule has 0 aliphatic heterocycles. The normalized spacial score (nSPS) is 11.7. The Morgan fingerprint density at radius 1 is 1.05 bits per heavy atom. The highest BCUT2D eigenvalue weighted by Crippen LogP contribution is 2.35.